The van der Waals surface area contributed by atoms with Crippen LogP contribution in [0.5, 0.6) is 5.75 Å². The quantitative estimate of drug-likeness (QED) is 0.855. The van der Waals surface area contributed by atoms with E-state index in [0.29, 0.717) is 41.4 Å². The first-order chi connectivity index (χ1) is 10.9. The number of fused-ring (bicyclic) bond motifs is 1. The molecular weight excluding hydrogens is 339 g/mol. The van der Waals surface area contributed by atoms with E-state index in [1.165, 1.54) is 6.07 Å². The Balaban J connectivity index is 1.88. The number of halogens is 2. The fourth-order valence-electron chi connectivity index (χ4n) is 3.49. The molecule has 0 aliphatic carbocycles. The van der Waals surface area contributed by atoms with E-state index in [1.54, 1.807) is 11.0 Å². The van der Waals surface area contributed by atoms with Crippen LogP contribution in [0, 0.1) is 0 Å². The number of carbonyl (C=O) groups excluding carboxylic acids is 2. The van der Waals surface area contributed by atoms with Gasteiger partial charge in [-0.2, -0.15) is 0 Å². The van der Waals surface area contributed by atoms with Gasteiger partial charge in [-0.25, -0.2) is 0 Å². The van der Waals surface area contributed by atoms with E-state index in [-0.39, 0.29) is 23.5 Å². The van der Waals surface area contributed by atoms with Crippen LogP contribution in [0.4, 0.5) is 0 Å². The van der Waals surface area contributed by atoms with Crippen molar-refractivity contribution in [3.63, 3.8) is 0 Å². The summed E-state index contributed by atoms with van der Waals surface area (Å²) < 4.78 is 0. The summed E-state index contributed by atoms with van der Waals surface area (Å²) in [7, 11) is 0. The number of phenolic OH excluding ortho intramolecular Hbond substituents is 1. The molecule has 2 N–H and O–H groups in total. The van der Waals surface area contributed by atoms with E-state index < -0.39 is 12.1 Å². The largest absolute Gasteiger partial charge is 0.508 e. The average Bonchev–Trinajstić information content (AvgIpc) is 2.54. The van der Waals surface area contributed by atoms with Crippen molar-refractivity contribution in [2.45, 2.75) is 44.2 Å². The van der Waals surface area contributed by atoms with Crippen LogP contribution in [0.2, 0.25) is 10.0 Å². The third kappa shape index (κ3) is 2.76. The number of benzene rings is 1. The zero-order valence-corrected chi connectivity index (χ0v) is 14.2. The Morgan fingerprint density at radius 1 is 1.35 bits per heavy atom. The second-order valence-electron chi connectivity index (χ2n) is 6.03. The second-order valence-corrected chi connectivity index (χ2v) is 6.82. The maximum atomic E-state index is 12.4. The number of nitrogens with zero attached hydrogens (tertiary/aromatic N) is 1. The Bertz CT molecular complexity index is 665. The molecule has 124 valence electrons. The van der Waals surface area contributed by atoms with Gasteiger partial charge in [0.15, 0.2) is 0 Å². The molecule has 7 heteroatoms. The number of hydrogen-bond donors (Lipinski definition) is 2. The highest BCUT2D eigenvalue weighted by atomic mass is 35.5. The third-order valence-electron chi connectivity index (χ3n) is 4.73. The lowest BCUT2D eigenvalue weighted by atomic mass is 9.83. The highest BCUT2D eigenvalue weighted by Crippen LogP contribution is 2.43. The van der Waals surface area contributed by atoms with Gasteiger partial charge in [0.25, 0.3) is 0 Å². The highest BCUT2D eigenvalue weighted by molar-refractivity contribution is 6.42. The van der Waals surface area contributed by atoms with Crippen molar-refractivity contribution in [2.24, 2.45) is 0 Å². The molecule has 1 aromatic carbocycles. The van der Waals surface area contributed by atoms with E-state index >= 15 is 0 Å². The van der Waals surface area contributed by atoms with Gasteiger partial charge in [-0.1, -0.05) is 30.1 Å². The number of piperazine rings is 1. The number of hydrogen-bond acceptors (Lipinski definition) is 3. The molecule has 2 amide bonds. The lowest BCUT2D eigenvalue weighted by Gasteiger charge is -2.44. The van der Waals surface area contributed by atoms with Crippen molar-refractivity contribution in [1.29, 1.82) is 0 Å². The summed E-state index contributed by atoms with van der Waals surface area (Å²) >= 11 is 12.3. The topological polar surface area (TPSA) is 69.6 Å². The molecule has 2 fully saturated rings. The Kier molecular flexibility index (Phi) is 4.43. The van der Waals surface area contributed by atoms with E-state index in [2.05, 4.69) is 5.32 Å². The van der Waals surface area contributed by atoms with E-state index in [1.807, 2.05) is 6.92 Å². The highest BCUT2D eigenvalue weighted by Gasteiger charge is 2.44. The minimum atomic E-state index is -0.515. The predicted octanol–water partition coefficient (Wildman–Crippen LogP) is 2.68. The van der Waals surface area contributed by atoms with Gasteiger partial charge in [0.1, 0.15) is 17.8 Å². The molecule has 23 heavy (non-hydrogen) atoms. The summed E-state index contributed by atoms with van der Waals surface area (Å²) in [6.45, 7) is 2.35. The predicted molar refractivity (Wildman–Crippen MR) is 87.8 cm³/mol. The normalized spacial score (nSPS) is 27.6. The van der Waals surface area contributed by atoms with Crippen LogP contribution >= 0.6 is 23.2 Å². The molecule has 2 heterocycles. The summed E-state index contributed by atoms with van der Waals surface area (Å²) in [4.78, 5) is 26.4. The van der Waals surface area contributed by atoms with E-state index in [9.17, 15) is 14.7 Å². The first-order valence-corrected chi connectivity index (χ1v) is 8.47. The number of amides is 2. The Labute approximate surface area is 144 Å². The summed E-state index contributed by atoms with van der Waals surface area (Å²) in [6.07, 6.45) is 1.65. The number of piperidine rings is 1. The number of carbonyl (C=O) groups is 2. The van der Waals surface area contributed by atoms with Crippen molar-refractivity contribution in [1.82, 2.24) is 10.2 Å². The zero-order valence-electron chi connectivity index (χ0n) is 12.7. The lowest BCUT2D eigenvalue weighted by Crippen LogP contribution is -2.64. The van der Waals surface area contributed by atoms with Crippen molar-refractivity contribution in [2.75, 3.05) is 6.54 Å². The Morgan fingerprint density at radius 2 is 2.09 bits per heavy atom. The minimum absolute atomic E-state index is 0.0306. The maximum Gasteiger partial charge on any atom is 0.245 e. The van der Waals surface area contributed by atoms with Crippen LogP contribution < -0.4 is 5.32 Å². The van der Waals surface area contributed by atoms with Crippen molar-refractivity contribution >= 4 is 35.0 Å². The van der Waals surface area contributed by atoms with Gasteiger partial charge in [0.2, 0.25) is 11.8 Å². The zero-order chi connectivity index (χ0) is 16.7. The molecule has 2 saturated heterocycles. The van der Waals surface area contributed by atoms with Crippen molar-refractivity contribution in [3.05, 3.63) is 27.7 Å². The van der Waals surface area contributed by atoms with Gasteiger partial charge in [0.05, 0.1) is 10.0 Å². The number of phenols is 1. The molecule has 3 rings (SSSR count). The van der Waals surface area contributed by atoms with Crippen LogP contribution in [0.15, 0.2) is 12.1 Å². The monoisotopic (exact) mass is 356 g/mol. The first-order valence-electron chi connectivity index (χ1n) is 7.71. The molecule has 3 unspecified atom stereocenters. The standard InChI is InChI=1S/C16H18Cl2N2O3/c1-2-10-16(23)20-6-5-8(7-11(20)15(22)19-10)13-12(21)4-3-9(17)14(13)18/h3-4,8,10-11,21H,2,5-7H2,1H3,(H,19,22). The van der Waals surface area contributed by atoms with Gasteiger partial charge >= 0.3 is 0 Å². The molecule has 0 spiro atoms. The van der Waals surface area contributed by atoms with Crippen LogP contribution in [0.25, 0.3) is 0 Å². The van der Waals surface area contributed by atoms with Gasteiger partial charge < -0.3 is 15.3 Å². The SMILES string of the molecule is CCC1NC(=O)C2CC(c3c(O)ccc(Cl)c3Cl)CCN2C1=O. The van der Waals surface area contributed by atoms with Gasteiger partial charge in [-0.05, 0) is 37.3 Å². The Hall–Kier alpha value is -1.46. The summed E-state index contributed by atoms with van der Waals surface area (Å²) in [5.74, 6) is -0.207. The van der Waals surface area contributed by atoms with Crippen molar-refractivity contribution in [3.8, 4) is 5.75 Å². The molecule has 1 aromatic rings. The minimum Gasteiger partial charge on any atom is -0.508 e. The third-order valence-corrected chi connectivity index (χ3v) is 5.55. The smallest absolute Gasteiger partial charge is 0.245 e. The van der Waals surface area contributed by atoms with Crippen molar-refractivity contribution < 1.29 is 14.7 Å². The summed E-state index contributed by atoms with van der Waals surface area (Å²) in [6, 6.07) is 2.10. The molecule has 2 aliphatic heterocycles. The molecule has 0 aromatic heterocycles. The van der Waals surface area contributed by atoms with Crippen LogP contribution in [-0.2, 0) is 9.59 Å². The van der Waals surface area contributed by atoms with Gasteiger partial charge in [-0.15, -0.1) is 0 Å². The van der Waals surface area contributed by atoms with E-state index in [4.69, 9.17) is 23.2 Å². The fraction of sp³-hybridized carbons (Fsp3) is 0.500. The second kappa shape index (κ2) is 6.21. The molecule has 2 aliphatic rings. The molecular formula is C16H18Cl2N2O3. The average molecular weight is 357 g/mol. The Morgan fingerprint density at radius 3 is 2.78 bits per heavy atom. The van der Waals surface area contributed by atoms with Gasteiger partial charge in [0, 0.05) is 12.1 Å². The molecule has 0 bridgehead atoms. The molecule has 3 atom stereocenters. The number of rotatable bonds is 2. The molecule has 5 nitrogen and oxygen atoms in total. The number of nitrogens with one attached hydrogen (secondary N) is 1. The molecule has 0 radical (unpaired) electrons. The summed E-state index contributed by atoms with van der Waals surface area (Å²) in [5.41, 5.74) is 0.566. The van der Waals surface area contributed by atoms with Crippen LogP contribution in [-0.4, -0.2) is 40.4 Å². The van der Waals surface area contributed by atoms with Crippen LogP contribution in [0.3, 0.4) is 0 Å². The maximum absolute atomic E-state index is 12.4. The molecule has 0 saturated carbocycles. The fourth-order valence-corrected chi connectivity index (χ4v) is 3.97. The van der Waals surface area contributed by atoms with Gasteiger partial charge in [-0.3, -0.25) is 9.59 Å². The lowest BCUT2D eigenvalue weighted by molar-refractivity contribution is -0.151. The first kappa shape index (κ1) is 16.4. The van der Waals surface area contributed by atoms with E-state index in [0.717, 1.165) is 0 Å². The number of aromatic hydroxyl groups is 1. The van der Waals surface area contributed by atoms with Crippen LogP contribution in [0.1, 0.15) is 37.7 Å². The summed E-state index contributed by atoms with van der Waals surface area (Å²) in [5, 5.41) is 13.6.